The molecule has 10 heteroatoms. The molecule has 146 valence electrons. The van der Waals surface area contributed by atoms with E-state index in [1.807, 2.05) is 35.9 Å². The van der Waals surface area contributed by atoms with Crippen LogP contribution in [0.15, 0.2) is 45.1 Å². The Kier molecular flexibility index (Phi) is 4.71. The molecule has 1 unspecified atom stereocenters. The number of aromatic nitrogens is 5. The number of rotatable bonds is 4. The Labute approximate surface area is 164 Å². The summed E-state index contributed by atoms with van der Waals surface area (Å²) >= 11 is 1.39. The third kappa shape index (κ3) is 3.19. The molecule has 0 saturated carbocycles. The smallest absolute Gasteiger partial charge is 0.330 e. The van der Waals surface area contributed by atoms with Gasteiger partial charge in [0.05, 0.1) is 0 Å². The summed E-state index contributed by atoms with van der Waals surface area (Å²) in [7, 11) is 4.95. The second kappa shape index (κ2) is 7.19. The van der Waals surface area contributed by atoms with Crippen molar-refractivity contribution in [1.29, 1.82) is 0 Å². The second-order valence-corrected chi connectivity index (χ2v) is 7.37. The summed E-state index contributed by atoms with van der Waals surface area (Å²) in [5.74, 6) is 2.45. The standard InChI is InChI=1S/C18H19N5O4S/c1-21-11(8-15(24)22(2)18(21)25)10-28-17-20-19-16(23(17)3)14-9-26-12-6-4-5-7-13(12)27-14/h4-8,14H,9-10H2,1-3H3. The van der Waals surface area contributed by atoms with Crippen LogP contribution < -0.4 is 20.7 Å². The quantitative estimate of drug-likeness (QED) is 0.603. The molecular weight excluding hydrogens is 382 g/mol. The summed E-state index contributed by atoms with van der Waals surface area (Å²) in [6, 6.07) is 8.95. The molecule has 0 N–H and O–H groups in total. The van der Waals surface area contributed by atoms with E-state index in [4.69, 9.17) is 9.47 Å². The largest absolute Gasteiger partial charge is 0.485 e. The Hall–Kier alpha value is -3.01. The number of nitrogens with zero attached hydrogens (tertiary/aromatic N) is 5. The van der Waals surface area contributed by atoms with Gasteiger partial charge in [0.15, 0.2) is 28.6 Å². The number of hydrogen-bond donors (Lipinski definition) is 0. The number of ether oxygens (including phenoxy) is 2. The Morgan fingerprint density at radius 1 is 1.07 bits per heavy atom. The SMILES string of the molecule is Cn1c(SCc2cc(=O)n(C)c(=O)n2C)nnc1C1COc2ccccc2O1. The second-order valence-electron chi connectivity index (χ2n) is 6.43. The van der Waals surface area contributed by atoms with Crippen molar-refractivity contribution in [3.8, 4) is 11.5 Å². The van der Waals surface area contributed by atoms with E-state index in [2.05, 4.69) is 10.2 Å². The van der Waals surface area contributed by atoms with Crippen LogP contribution in [0, 0.1) is 0 Å². The van der Waals surface area contributed by atoms with Gasteiger partial charge in [0.1, 0.15) is 6.61 Å². The van der Waals surface area contributed by atoms with Crippen molar-refractivity contribution < 1.29 is 9.47 Å². The van der Waals surface area contributed by atoms with E-state index in [0.29, 0.717) is 40.5 Å². The van der Waals surface area contributed by atoms with Crippen LogP contribution in [0.5, 0.6) is 11.5 Å². The van der Waals surface area contributed by atoms with Crippen molar-refractivity contribution in [2.45, 2.75) is 17.0 Å². The number of hydrogen-bond acceptors (Lipinski definition) is 7. The van der Waals surface area contributed by atoms with E-state index in [0.717, 1.165) is 4.57 Å². The number of benzene rings is 1. The van der Waals surface area contributed by atoms with E-state index >= 15 is 0 Å². The molecule has 3 heterocycles. The van der Waals surface area contributed by atoms with Gasteiger partial charge in [-0.05, 0) is 12.1 Å². The molecular formula is C18H19N5O4S. The molecule has 1 aromatic carbocycles. The lowest BCUT2D eigenvalue weighted by molar-refractivity contribution is 0.0825. The van der Waals surface area contributed by atoms with Crippen LogP contribution in [-0.2, 0) is 26.9 Å². The van der Waals surface area contributed by atoms with E-state index in [9.17, 15) is 9.59 Å². The van der Waals surface area contributed by atoms with E-state index in [1.165, 1.54) is 29.4 Å². The highest BCUT2D eigenvalue weighted by Gasteiger charge is 2.27. The van der Waals surface area contributed by atoms with Crippen LogP contribution >= 0.6 is 11.8 Å². The fourth-order valence-corrected chi connectivity index (χ4v) is 3.87. The van der Waals surface area contributed by atoms with Gasteiger partial charge < -0.3 is 14.0 Å². The van der Waals surface area contributed by atoms with Gasteiger partial charge in [-0.15, -0.1) is 10.2 Å². The highest BCUT2D eigenvalue weighted by molar-refractivity contribution is 7.98. The van der Waals surface area contributed by atoms with Crippen molar-refractivity contribution in [2.75, 3.05) is 6.61 Å². The number of para-hydroxylation sites is 2. The first-order valence-corrected chi connectivity index (χ1v) is 9.60. The Balaban J connectivity index is 1.52. The van der Waals surface area contributed by atoms with E-state index in [-0.39, 0.29) is 17.4 Å². The van der Waals surface area contributed by atoms with Crippen LogP contribution in [0.25, 0.3) is 0 Å². The molecule has 0 amide bonds. The predicted molar refractivity (Wildman–Crippen MR) is 103 cm³/mol. The van der Waals surface area contributed by atoms with Crippen LogP contribution in [0.1, 0.15) is 17.6 Å². The van der Waals surface area contributed by atoms with Gasteiger partial charge >= 0.3 is 5.69 Å². The minimum Gasteiger partial charge on any atom is -0.485 e. The van der Waals surface area contributed by atoms with Gasteiger partial charge in [-0.3, -0.25) is 13.9 Å². The summed E-state index contributed by atoms with van der Waals surface area (Å²) in [5, 5.41) is 9.13. The first-order chi connectivity index (χ1) is 13.5. The summed E-state index contributed by atoms with van der Waals surface area (Å²) in [6.07, 6.45) is -0.366. The van der Waals surface area contributed by atoms with Gasteiger partial charge in [0.2, 0.25) is 0 Å². The van der Waals surface area contributed by atoms with Gasteiger partial charge in [-0.2, -0.15) is 0 Å². The van der Waals surface area contributed by atoms with Crippen molar-refractivity contribution in [1.82, 2.24) is 23.9 Å². The molecule has 3 aromatic rings. The molecule has 1 aliphatic heterocycles. The van der Waals surface area contributed by atoms with Gasteiger partial charge in [-0.25, -0.2) is 4.79 Å². The monoisotopic (exact) mass is 401 g/mol. The van der Waals surface area contributed by atoms with Gasteiger partial charge in [-0.1, -0.05) is 23.9 Å². The molecule has 0 aliphatic carbocycles. The fraction of sp³-hybridized carbons (Fsp3) is 0.333. The van der Waals surface area contributed by atoms with Crippen molar-refractivity contribution >= 4 is 11.8 Å². The maximum Gasteiger partial charge on any atom is 0.330 e. The van der Waals surface area contributed by atoms with Crippen molar-refractivity contribution in [3.05, 3.63) is 62.7 Å². The predicted octanol–water partition coefficient (Wildman–Crippen LogP) is 1.02. The summed E-state index contributed by atoms with van der Waals surface area (Å²) in [5.41, 5.74) is -0.0641. The van der Waals surface area contributed by atoms with Gasteiger partial charge in [0.25, 0.3) is 5.56 Å². The Morgan fingerprint density at radius 3 is 2.61 bits per heavy atom. The number of thioether (sulfide) groups is 1. The maximum absolute atomic E-state index is 12.1. The van der Waals surface area contributed by atoms with Gasteiger partial charge in [0, 0.05) is 38.7 Å². The third-order valence-corrected chi connectivity index (χ3v) is 5.69. The molecule has 9 nitrogen and oxygen atoms in total. The van der Waals surface area contributed by atoms with E-state index in [1.54, 1.807) is 7.05 Å². The lowest BCUT2D eigenvalue weighted by Crippen LogP contribution is -2.37. The third-order valence-electron chi connectivity index (χ3n) is 4.64. The van der Waals surface area contributed by atoms with Crippen LogP contribution in [0.4, 0.5) is 0 Å². The zero-order valence-corrected chi connectivity index (χ0v) is 16.5. The molecule has 28 heavy (non-hydrogen) atoms. The number of fused-ring (bicyclic) bond motifs is 1. The minimum atomic E-state index is -0.366. The van der Waals surface area contributed by atoms with Crippen LogP contribution in [-0.4, -0.2) is 30.5 Å². The molecule has 1 aliphatic rings. The Morgan fingerprint density at radius 2 is 1.82 bits per heavy atom. The molecule has 0 spiro atoms. The zero-order valence-electron chi connectivity index (χ0n) is 15.7. The van der Waals surface area contributed by atoms with E-state index < -0.39 is 0 Å². The summed E-state index contributed by atoms with van der Waals surface area (Å²) in [4.78, 5) is 23.9. The topological polar surface area (TPSA) is 93.2 Å². The zero-order chi connectivity index (χ0) is 19.8. The molecule has 0 bridgehead atoms. The van der Waals surface area contributed by atoms with Crippen molar-refractivity contribution in [2.24, 2.45) is 21.1 Å². The lowest BCUT2D eigenvalue weighted by Gasteiger charge is -2.25. The molecule has 0 fully saturated rings. The van der Waals surface area contributed by atoms with Crippen molar-refractivity contribution in [3.63, 3.8) is 0 Å². The normalized spacial score (nSPS) is 15.6. The molecule has 0 radical (unpaired) electrons. The average molecular weight is 401 g/mol. The molecule has 2 aromatic heterocycles. The highest BCUT2D eigenvalue weighted by Crippen LogP contribution is 2.35. The maximum atomic E-state index is 12.1. The van der Waals surface area contributed by atoms with Crippen LogP contribution in [0.2, 0.25) is 0 Å². The Bertz CT molecular complexity index is 1150. The lowest BCUT2D eigenvalue weighted by atomic mass is 10.2. The minimum absolute atomic E-state index is 0.330. The fourth-order valence-electron chi connectivity index (χ4n) is 2.93. The highest BCUT2D eigenvalue weighted by atomic mass is 32.2. The first-order valence-electron chi connectivity index (χ1n) is 8.62. The summed E-state index contributed by atoms with van der Waals surface area (Å²) in [6.45, 7) is 0.344. The molecule has 1 atom stereocenters. The molecule has 4 rings (SSSR count). The summed E-state index contributed by atoms with van der Waals surface area (Å²) < 4.78 is 16.1. The van der Waals surface area contributed by atoms with Crippen LogP contribution in [0.3, 0.4) is 0 Å². The molecule has 0 saturated heterocycles. The first kappa shape index (κ1) is 18.4. The average Bonchev–Trinajstić information content (AvgIpc) is 3.08.